The number of rotatable bonds is 6. The first-order valence-electron chi connectivity index (χ1n) is 6.54. The van der Waals surface area contributed by atoms with Crippen molar-refractivity contribution >= 4 is 29.9 Å². The third-order valence-corrected chi connectivity index (χ3v) is 2.58. The summed E-state index contributed by atoms with van der Waals surface area (Å²) in [5.74, 6) is 1.08. The molecular formula is C13H26IN5. The summed E-state index contributed by atoms with van der Waals surface area (Å²) in [5.41, 5.74) is 8.02. The van der Waals surface area contributed by atoms with Crippen LogP contribution in [0.5, 0.6) is 0 Å². The van der Waals surface area contributed by atoms with Crippen molar-refractivity contribution in [1.82, 2.24) is 15.1 Å². The van der Waals surface area contributed by atoms with E-state index < -0.39 is 0 Å². The number of nitrogens with one attached hydrogen (secondary N) is 1. The van der Waals surface area contributed by atoms with Gasteiger partial charge in [-0.05, 0) is 32.3 Å². The molecule has 1 aromatic heterocycles. The van der Waals surface area contributed by atoms with Crippen LogP contribution < -0.4 is 11.1 Å². The molecule has 0 atom stereocenters. The lowest BCUT2D eigenvalue weighted by atomic mass is 10.2. The lowest BCUT2D eigenvalue weighted by Gasteiger charge is -2.07. The number of halogens is 1. The third-order valence-electron chi connectivity index (χ3n) is 2.58. The molecule has 6 heteroatoms. The molecule has 0 radical (unpaired) electrons. The minimum atomic E-state index is 0. The number of guanidine groups is 1. The monoisotopic (exact) mass is 379 g/mol. The fraction of sp³-hybridized carbons (Fsp3) is 0.692. The topological polar surface area (TPSA) is 68.2 Å². The van der Waals surface area contributed by atoms with Gasteiger partial charge in [-0.25, -0.2) is 0 Å². The Balaban J connectivity index is 0.00000324. The molecule has 110 valence electrons. The van der Waals surface area contributed by atoms with E-state index in [1.165, 1.54) is 5.69 Å². The Kier molecular flexibility index (Phi) is 8.79. The zero-order valence-corrected chi connectivity index (χ0v) is 14.6. The van der Waals surface area contributed by atoms with E-state index in [1.54, 1.807) is 0 Å². The molecule has 0 aliphatic heterocycles. The van der Waals surface area contributed by atoms with E-state index in [4.69, 9.17) is 5.73 Å². The molecule has 0 aliphatic rings. The van der Waals surface area contributed by atoms with Crippen molar-refractivity contribution in [3.63, 3.8) is 0 Å². The first-order valence-corrected chi connectivity index (χ1v) is 6.54. The second-order valence-corrected chi connectivity index (χ2v) is 5.05. The van der Waals surface area contributed by atoms with E-state index in [0.29, 0.717) is 11.9 Å². The molecule has 19 heavy (non-hydrogen) atoms. The first kappa shape index (κ1) is 18.2. The molecule has 0 aromatic carbocycles. The highest BCUT2D eigenvalue weighted by atomic mass is 127. The van der Waals surface area contributed by atoms with E-state index in [1.807, 2.05) is 11.6 Å². The third kappa shape index (κ3) is 7.39. The number of nitrogens with two attached hydrogens (primary N) is 1. The van der Waals surface area contributed by atoms with Gasteiger partial charge in [-0.3, -0.25) is 9.67 Å². The van der Waals surface area contributed by atoms with Crippen molar-refractivity contribution in [3.05, 3.63) is 17.5 Å². The minimum Gasteiger partial charge on any atom is -0.370 e. The van der Waals surface area contributed by atoms with Crippen LogP contribution in [-0.4, -0.2) is 28.8 Å². The minimum absolute atomic E-state index is 0. The maximum Gasteiger partial charge on any atom is 0.188 e. The van der Waals surface area contributed by atoms with Gasteiger partial charge in [-0.2, -0.15) is 5.10 Å². The standard InChI is InChI=1S/C13H25N5.HI/c1-10(2)9-16-13(14)15-6-5-7-18-12(4)8-11(3)17-18;/h8,10H,5-7,9H2,1-4H3,(H3,14,15,16);1H. The summed E-state index contributed by atoms with van der Waals surface area (Å²) in [6.45, 7) is 10.8. The summed E-state index contributed by atoms with van der Waals surface area (Å²) in [7, 11) is 0. The van der Waals surface area contributed by atoms with Gasteiger partial charge < -0.3 is 11.1 Å². The Morgan fingerprint density at radius 1 is 1.47 bits per heavy atom. The second-order valence-electron chi connectivity index (χ2n) is 5.05. The second kappa shape index (κ2) is 9.17. The number of aliphatic imine (C=N–C) groups is 1. The molecule has 3 N–H and O–H groups in total. The molecule has 0 spiro atoms. The van der Waals surface area contributed by atoms with Gasteiger partial charge in [0.2, 0.25) is 0 Å². The van der Waals surface area contributed by atoms with Crippen LogP contribution in [0.15, 0.2) is 11.1 Å². The van der Waals surface area contributed by atoms with Gasteiger partial charge in [0.15, 0.2) is 5.96 Å². The fourth-order valence-corrected chi connectivity index (χ4v) is 1.68. The Hall–Kier alpha value is -0.790. The molecule has 0 aliphatic carbocycles. The van der Waals surface area contributed by atoms with Crippen molar-refractivity contribution in [2.24, 2.45) is 16.6 Å². The largest absolute Gasteiger partial charge is 0.370 e. The van der Waals surface area contributed by atoms with E-state index in [0.717, 1.165) is 31.7 Å². The van der Waals surface area contributed by atoms with Crippen molar-refractivity contribution in [2.45, 2.75) is 40.7 Å². The van der Waals surface area contributed by atoms with E-state index in [2.05, 4.69) is 42.2 Å². The molecule has 0 fully saturated rings. The summed E-state index contributed by atoms with van der Waals surface area (Å²) >= 11 is 0. The maximum absolute atomic E-state index is 5.75. The first-order chi connectivity index (χ1) is 8.49. The summed E-state index contributed by atoms with van der Waals surface area (Å²) in [4.78, 5) is 4.25. The zero-order chi connectivity index (χ0) is 13.5. The van der Waals surface area contributed by atoms with Crippen molar-refractivity contribution in [3.8, 4) is 0 Å². The van der Waals surface area contributed by atoms with Crippen molar-refractivity contribution in [1.29, 1.82) is 0 Å². The highest BCUT2D eigenvalue weighted by Gasteiger charge is 2.00. The van der Waals surface area contributed by atoms with Crippen LogP contribution in [0, 0.1) is 19.8 Å². The van der Waals surface area contributed by atoms with Gasteiger partial charge in [0.1, 0.15) is 0 Å². The lowest BCUT2D eigenvalue weighted by molar-refractivity contribution is 0.556. The highest BCUT2D eigenvalue weighted by molar-refractivity contribution is 14.0. The summed E-state index contributed by atoms with van der Waals surface area (Å²) in [6.07, 6.45) is 0.986. The predicted octanol–water partition coefficient (Wildman–Crippen LogP) is 2.07. The normalized spacial score (nSPS) is 11.5. The number of hydrogen-bond donors (Lipinski definition) is 2. The molecule has 0 bridgehead atoms. The van der Waals surface area contributed by atoms with Gasteiger partial charge >= 0.3 is 0 Å². The average Bonchev–Trinajstić information content (AvgIpc) is 2.60. The zero-order valence-electron chi connectivity index (χ0n) is 12.3. The Labute approximate surface area is 133 Å². The molecule has 1 aromatic rings. The Bertz CT molecular complexity index is 398. The number of aryl methyl sites for hydroxylation is 3. The van der Waals surface area contributed by atoms with Crippen LogP contribution in [0.3, 0.4) is 0 Å². The molecule has 0 saturated heterocycles. The van der Waals surface area contributed by atoms with Crippen LogP contribution in [0.1, 0.15) is 31.7 Å². The molecule has 0 saturated carbocycles. The summed E-state index contributed by atoms with van der Waals surface area (Å²) < 4.78 is 2.03. The van der Waals surface area contributed by atoms with Gasteiger partial charge in [-0.15, -0.1) is 24.0 Å². The summed E-state index contributed by atoms with van der Waals surface area (Å²) in [6, 6.07) is 2.09. The number of aromatic nitrogens is 2. The smallest absolute Gasteiger partial charge is 0.188 e. The number of hydrogen-bond acceptors (Lipinski definition) is 2. The quantitative estimate of drug-likeness (QED) is 0.344. The fourth-order valence-electron chi connectivity index (χ4n) is 1.68. The Morgan fingerprint density at radius 3 is 2.68 bits per heavy atom. The Morgan fingerprint density at radius 2 is 2.16 bits per heavy atom. The summed E-state index contributed by atoms with van der Waals surface area (Å²) in [5, 5.41) is 7.53. The van der Waals surface area contributed by atoms with Gasteiger partial charge in [-0.1, -0.05) is 13.8 Å². The van der Waals surface area contributed by atoms with Crippen LogP contribution in [-0.2, 0) is 6.54 Å². The van der Waals surface area contributed by atoms with Crippen LogP contribution >= 0.6 is 24.0 Å². The van der Waals surface area contributed by atoms with Crippen LogP contribution in [0.25, 0.3) is 0 Å². The lowest BCUT2D eigenvalue weighted by Crippen LogP contribution is -2.33. The molecule has 1 rings (SSSR count). The van der Waals surface area contributed by atoms with Crippen molar-refractivity contribution < 1.29 is 0 Å². The maximum atomic E-state index is 5.75. The molecule has 0 unspecified atom stereocenters. The number of nitrogens with zero attached hydrogens (tertiary/aromatic N) is 3. The van der Waals surface area contributed by atoms with E-state index in [-0.39, 0.29) is 24.0 Å². The molecular weight excluding hydrogens is 353 g/mol. The van der Waals surface area contributed by atoms with Gasteiger partial charge in [0, 0.05) is 25.3 Å². The highest BCUT2D eigenvalue weighted by Crippen LogP contribution is 2.02. The van der Waals surface area contributed by atoms with Gasteiger partial charge in [0.25, 0.3) is 0 Å². The molecule has 1 heterocycles. The van der Waals surface area contributed by atoms with Gasteiger partial charge in [0.05, 0.1) is 5.69 Å². The molecule has 0 amide bonds. The van der Waals surface area contributed by atoms with E-state index in [9.17, 15) is 0 Å². The van der Waals surface area contributed by atoms with Crippen LogP contribution in [0.4, 0.5) is 0 Å². The predicted molar refractivity (Wildman–Crippen MR) is 91.1 cm³/mol. The molecule has 5 nitrogen and oxygen atoms in total. The van der Waals surface area contributed by atoms with Crippen molar-refractivity contribution in [2.75, 3.05) is 13.1 Å². The van der Waals surface area contributed by atoms with Crippen LogP contribution in [0.2, 0.25) is 0 Å². The van der Waals surface area contributed by atoms with E-state index >= 15 is 0 Å². The SMILES string of the molecule is Cc1cc(C)n(CCCNC(N)=NCC(C)C)n1.I. The average molecular weight is 379 g/mol.